The van der Waals surface area contributed by atoms with Crippen LogP contribution in [0.25, 0.3) is 0 Å². The van der Waals surface area contributed by atoms with Crippen molar-refractivity contribution in [1.29, 1.82) is 0 Å². The predicted molar refractivity (Wildman–Crippen MR) is 83.9 cm³/mol. The van der Waals surface area contributed by atoms with Crippen molar-refractivity contribution in [1.82, 2.24) is 0 Å². The van der Waals surface area contributed by atoms with Gasteiger partial charge < -0.3 is 4.42 Å². The van der Waals surface area contributed by atoms with Crippen molar-refractivity contribution in [2.45, 2.75) is 12.8 Å². The third-order valence-electron chi connectivity index (χ3n) is 3.59. The Kier molecular flexibility index (Phi) is 4.01. The largest absolute Gasteiger partial charge is 0.436 e. The maximum Gasteiger partial charge on any atom is 0.436 e. The van der Waals surface area contributed by atoms with Crippen LogP contribution in [0, 0.1) is 10.1 Å². The second-order valence-electron chi connectivity index (χ2n) is 5.13. The number of nitro groups is 1. The highest BCUT2D eigenvalue weighted by Gasteiger charge is 2.23. The van der Waals surface area contributed by atoms with E-state index >= 15 is 0 Å². The number of nitrogens with zero attached hydrogens (tertiary/aromatic N) is 1. The predicted octanol–water partition coefficient (Wildman–Crippen LogP) is 4.37. The SMILES string of the molecule is O=[N+]([O-])c1occ(Cc2ccccc2)c1Cc1ccccc1. The van der Waals surface area contributed by atoms with Gasteiger partial charge in [0.15, 0.2) is 0 Å². The van der Waals surface area contributed by atoms with Gasteiger partial charge in [-0.2, -0.15) is 0 Å². The third-order valence-corrected chi connectivity index (χ3v) is 3.59. The first-order valence-electron chi connectivity index (χ1n) is 7.05. The molecule has 0 aliphatic heterocycles. The van der Waals surface area contributed by atoms with Gasteiger partial charge in [0.2, 0.25) is 0 Å². The van der Waals surface area contributed by atoms with Gasteiger partial charge in [-0.3, -0.25) is 10.1 Å². The molecule has 0 saturated carbocycles. The quantitative estimate of drug-likeness (QED) is 0.518. The van der Waals surface area contributed by atoms with Crippen molar-refractivity contribution >= 4 is 5.88 Å². The minimum atomic E-state index is -0.452. The lowest BCUT2D eigenvalue weighted by Crippen LogP contribution is -1.98. The Morgan fingerprint density at radius 1 is 0.864 bits per heavy atom. The monoisotopic (exact) mass is 293 g/mol. The Bertz CT molecular complexity index is 764. The smallest absolute Gasteiger partial charge is 0.409 e. The van der Waals surface area contributed by atoms with E-state index in [4.69, 9.17) is 4.42 Å². The second kappa shape index (κ2) is 6.26. The van der Waals surface area contributed by atoms with E-state index in [0.29, 0.717) is 18.4 Å². The zero-order valence-electron chi connectivity index (χ0n) is 11.9. The lowest BCUT2D eigenvalue weighted by molar-refractivity contribution is -0.402. The average molecular weight is 293 g/mol. The molecule has 0 bridgehead atoms. The van der Waals surface area contributed by atoms with Crippen molar-refractivity contribution in [3.63, 3.8) is 0 Å². The van der Waals surface area contributed by atoms with Gasteiger partial charge in [0.25, 0.3) is 0 Å². The van der Waals surface area contributed by atoms with Crippen molar-refractivity contribution in [2.75, 3.05) is 0 Å². The fourth-order valence-corrected chi connectivity index (χ4v) is 2.51. The first kappa shape index (κ1) is 14.1. The highest BCUT2D eigenvalue weighted by Crippen LogP contribution is 2.29. The fraction of sp³-hybridized carbons (Fsp3) is 0.111. The lowest BCUT2D eigenvalue weighted by Gasteiger charge is -2.03. The normalized spacial score (nSPS) is 10.5. The van der Waals surface area contributed by atoms with Gasteiger partial charge in [0, 0.05) is 18.4 Å². The second-order valence-corrected chi connectivity index (χ2v) is 5.13. The molecule has 0 amide bonds. The molecule has 22 heavy (non-hydrogen) atoms. The summed E-state index contributed by atoms with van der Waals surface area (Å²) in [6.45, 7) is 0. The summed E-state index contributed by atoms with van der Waals surface area (Å²) in [4.78, 5) is 10.7. The van der Waals surface area contributed by atoms with Gasteiger partial charge in [-0.05, 0) is 11.1 Å². The number of hydrogen-bond acceptors (Lipinski definition) is 3. The summed E-state index contributed by atoms with van der Waals surface area (Å²) in [5.74, 6) is -0.158. The van der Waals surface area contributed by atoms with E-state index in [1.54, 1.807) is 0 Å². The minimum absolute atomic E-state index is 0.158. The van der Waals surface area contributed by atoms with Crippen molar-refractivity contribution in [3.8, 4) is 0 Å². The topological polar surface area (TPSA) is 56.3 Å². The van der Waals surface area contributed by atoms with Gasteiger partial charge in [-0.1, -0.05) is 60.7 Å². The fourth-order valence-electron chi connectivity index (χ4n) is 2.51. The minimum Gasteiger partial charge on any atom is -0.409 e. The zero-order chi connectivity index (χ0) is 15.4. The highest BCUT2D eigenvalue weighted by atomic mass is 16.6. The van der Waals surface area contributed by atoms with Crippen LogP contribution in [-0.2, 0) is 12.8 Å². The van der Waals surface area contributed by atoms with Crippen LogP contribution in [0.5, 0.6) is 0 Å². The van der Waals surface area contributed by atoms with Gasteiger partial charge in [0.1, 0.15) is 11.2 Å². The van der Waals surface area contributed by atoms with E-state index in [1.807, 2.05) is 60.7 Å². The molecule has 0 N–H and O–H groups in total. The molecule has 0 unspecified atom stereocenters. The number of benzene rings is 2. The number of rotatable bonds is 5. The molecule has 2 aromatic carbocycles. The Labute approximate surface area is 128 Å². The number of furan rings is 1. The molecule has 0 atom stereocenters. The molecule has 0 aliphatic carbocycles. The van der Waals surface area contributed by atoms with Gasteiger partial charge in [-0.25, -0.2) is 0 Å². The van der Waals surface area contributed by atoms with Crippen LogP contribution in [0.2, 0.25) is 0 Å². The van der Waals surface area contributed by atoms with Crippen LogP contribution in [-0.4, -0.2) is 4.92 Å². The molecule has 1 aromatic heterocycles. The Hall–Kier alpha value is -2.88. The molecular formula is C18H15NO3. The zero-order valence-corrected chi connectivity index (χ0v) is 11.9. The van der Waals surface area contributed by atoms with Gasteiger partial charge >= 0.3 is 5.88 Å². The van der Waals surface area contributed by atoms with Crippen LogP contribution in [0.4, 0.5) is 5.88 Å². The van der Waals surface area contributed by atoms with Gasteiger partial charge in [0.05, 0.1) is 5.56 Å². The van der Waals surface area contributed by atoms with E-state index in [0.717, 1.165) is 16.7 Å². The summed E-state index contributed by atoms with van der Waals surface area (Å²) in [6.07, 6.45) is 2.62. The van der Waals surface area contributed by atoms with E-state index in [2.05, 4.69) is 0 Å². The average Bonchev–Trinajstić information content (AvgIpc) is 2.92. The molecule has 3 aromatic rings. The van der Waals surface area contributed by atoms with Gasteiger partial charge in [-0.15, -0.1) is 0 Å². The van der Waals surface area contributed by atoms with Crippen LogP contribution in [0.1, 0.15) is 22.3 Å². The maximum atomic E-state index is 11.2. The first-order chi connectivity index (χ1) is 10.7. The van der Waals surface area contributed by atoms with E-state index < -0.39 is 4.92 Å². The molecule has 0 radical (unpaired) electrons. The molecule has 4 heteroatoms. The standard InChI is InChI=1S/C18H15NO3/c20-19(21)18-17(12-15-9-5-2-6-10-15)16(13-22-18)11-14-7-3-1-4-8-14/h1-10,13H,11-12H2. The molecular weight excluding hydrogens is 278 g/mol. The summed E-state index contributed by atoms with van der Waals surface area (Å²) in [5, 5.41) is 11.2. The highest BCUT2D eigenvalue weighted by molar-refractivity contribution is 5.43. The maximum absolute atomic E-state index is 11.2. The molecule has 3 rings (SSSR count). The first-order valence-corrected chi connectivity index (χ1v) is 7.05. The molecule has 1 heterocycles. The van der Waals surface area contributed by atoms with E-state index in [1.165, 1.54) is 6.26 Å². The van der Waals surface area contributed by atoms with Crippen molar-refractivity contribution < 1.29 is 9.34 Å². The molecule has 0 fully saturated rings. The Morgan fingerprint density at radius 2 is 1.41 bits per heavy atom. The summed E-state index contributed by atoms with van der Waals surface area (Å²) >= 11 is 0. The number of hydrogen-bond donors (Lipinski definition) is 0. The summed E-state index contributed by atoms with van der Waals surface area (Å²) in [5.41, 5.74) is 3.65. The molecule has 4 nitrogen and oxygen atoms in total. The summed E-state index contributed by atoms with van der Waals surface area (Å²) < 4.78 is 5.20. The molecule has 0 saturated heterocycles. The van der Waals surface area contributed by atoms with Crippen LogP contribution < -0.4 is 0 Å². The summed E-state index contributed by atoms with van der Waals surface area (Å²) in [6, 6.07) is 19.6. The third kappa shape index (κ3) is 3.06. The van der Waals surface area contributed by atoms with E-state index in [9.17, 15) is 10.1 Å². The van der Waals surface area contributed by atoms with Crippen LogP contribution >= 0.6 is 0 Å². The van der Waals surface area contributed by atoms with Crippen molar-refractivity contribution in [3.05, 3.63) is 99.3 Å². The summed E-state index contributed by atoms with van der Waals surface area (Å²) in [7, 11) is 0. The molecule has 0 spiro atoms. The Morgan fingerprint density at radius 3 is 1.95 bits per heavy atom. The molecule has 0 aliphatic rings. The lowest BCUT2D eigenvalue weighted by atomic mass is 9.98. The molecule has 110 valence electrons. The van der Waals surface area contributed by atoms with Crippen LogP contribution in [0.3, 0.4) is 0 Å². The Balaban J connectivity index is 1.95. The van der Waals surface area contributed by atoms with Crippen molar-refractivity contribution in [2.24, 2.45) is 0 Å². The van der Waals surface area contributed by atoms with E-state index in [-0.39, 0.29) is 5.88 Å². The van der Waals surface area contributed by atoms with Crippen LogP contribution in [0.15, 0.2) is 71.3 Å².